The smallest absolute Gasteiger partial charge is 0.410 e. The molecule has 1 saturated heterocycles. The SMILES string of the molecule is CC.Cc1cncn1C1CCN(C(=O)OC(C)(C)C)CC1. The van der Waals surface area contributed by atoms with Gasteiger partial charge in [0.15, 0.2) is 0 Å². The van der Waals surface area contributed by atoms with E-state index < -0.39 is 5.60 Å². The van der Waals surface area contributed by atoms with Crippen LogP contribution in [0.5, 0.6) is 0 Å². The third kappa shape index (κ3) is 5.06. The molecule has 0 aromatic carbocycles. The Kier molecular flexibility index (Phi) is 6.24. The molecule has 1 aromatic heterocycles. The molecule has 1 amide bonds. The van der Waals surface area contributed by atoms with Gasteiger partial charge >= 0.3 is 6.09 Å². The summed E-state index contributed by atoms with van der Waals surface area (Å²) in [7, 11) is 0. The summed E-state index contributed by atoms with van der Waals surface area (Å²) in [6.07, 6.45) is 5.46. The number of aromatic nitrogens is 2. The molecular formula is C16H29N3O2. The van der Waals surface area contributed by atoms with Crippen LogP contribution in [0.1, 0.15) is 59.2 Å². The second-order valence-corrected chi connectivity index (χ2v) is 6.14. The lowest BCUT2D eigenvalue weighted by molar-refractivity contribution is 0.0188. The fraction of sp³-hybridized carbons (Fsp3) is 0.750. The van der Waals surface area contributed by atoms with Gasteiger partial charge in [-0.05, 0) is 40.5 Å². The predicted octanol–water partition coefficient (Wildman–Crippen LogP) is 3.79. The van der Waals surface area contributed by atoms with Gasteiger partial charge in [0.25, 0.3) is 0 Å². The van der Waals surface area contributed by atoms with Crippen molar-refractivity contribution in [1.82, 2.24) is 14.5 Å². The van der Waals surface area contributed by atoms with Gasteiger partial charge < -0.3 is 14.2 Å². The van der Waals surface area contributed by atoms with Gasteiger partial charge in [0.2, 0.25) is 0 Å². The van der Waals surface area contributed by atoms with Crippen LogP contribution in [0.25, 0.3) is 0 Å². The van der Waals surface area contributed by atoms with Gasteiger partial charge in [-0.1, -0.05) is 13.8 Å². The van der Waals surface area contributed by atoms with E-state index in [1.165, 1.54) is 5.69 Å². The van der Waals surface area contributed by atoms with E-state index in [4.69, 9.17) is 4.74 Å². The number of nitrogens with zero attached hydrogens (tertiary/aromatic N) is 3. The molecule has 0 bridgehead atoms. The summed E-state index contributed by atoms with van der Waals surface area (Å²) in [4.78, 5) is 17.9. The summed E-state index contributed by atoms with van der Waals surface area (Å²) >= 11 is 0. The summed E-state index contributed by atoms with van der Waals surface area (Å²) in [5.41, 5.74) is 0.755. The van der Waals surface area contributed by atoms with Gasteiger partial charge in [0.05, 0.1) is 6.33 Å². The Hall–Kier alpha value is -1.52. The molecular weight excluding hydrogens is 266 g/mol. The maximum atomic E-state index is 12.0. The fourth-order valence-electron chi connectivity index (χ4n) is 2.41. The lowest BCUT2D eigenvalue weighted by Gasteiger charge is -2.34. The number of aryl methyl sites for hydroxylation is 1. The molecule has 0 saturated carbocycles. The van der Waals surface area contributed by atoms with Crippen LogP contribution in [0.15, 0.2) is 12.5 Å². The van der Waals surface area contributed by atoms with Crippen LogP contribution in [0.3, 0.4) is 0 Å². The van der Waals surface area contributed by atoms with Crippen molar-refractivity contribution >= 4 is 6.09 Å². The number of carbonyl (C=O) groups is 1. The highest BCUT2D eigenvalue weighted by atomic mass is 16.6. The Balaban J connectivity index is 0.00000106. The van der Waals surface area contributed by atoms with Crippen molar-refractivity contribution in [2.24, 2.45) is 0 Å². The molecule has 1 aliphatic heterocycles. The number of hydrogen-bond donors (Lipinski definition) is 0. The highest BCUT2D eigenvalue weighted by Crippen LogP contribution is 2.24. The second kappa shape index (κ2) is 7.48. The van der Waals surface area contributed by atoms with E-state index >= 15 is 0 Å². The third-order valence-corrected chi connectivity index (χ3v) is 3.37. The molecule has 2 rings (SSSR count). The van der Waals surface area contributed by atoms with Crippen LogP contribution in [0.2, 0.25) is 0 Å². The van der Waals surface area contributed by atoms with Crippen molar-refractivity contribution in [3.8, 4) is 0 Å². The van der Waals surface area contributed by atoms with E-state index in [0.717, 1.165) is 25.9 Å². The van der Waals surface area contributed by atoms with Crippen LogP contribution in [0.4, 0.5) is 4.79 Å². The molecule has 1 fully saturated rings. The number of amides is 1. The van der Waals surface area contributed by atoms with Crippen molar-refractivity contribution in [1.29, 1.82) is 0 Å². The van der Waals surface area contributed by atoms with Gasteiger partial charge in [-0.25, -0.2) is 9.78 Å². The van der Waals surface area contributed by atoms with Crippen molar-refractivity contribution in [2.75, 3.05) is 13.1 Å². The number of imidazole rings is 1. The van der Waals surface area contributed by atoms with Gasteiger partial charge in [0, 0.05) is 31.0 Å². The average molecular weight is 295 g/mol. The van der Waals surface area contributed by atoms with E-state index in [2.05, 4.69) is 16.5 Å². The van der Waals surface area contributed by atoms with Crippen molar-refractivity contribution < 1.29 is 9.53 Å². The Bertz CT molecular complexity index is 441. The largest absolute Gasteiger partial charge is 0.444 e. The molecule has 0 atom stereocenters. The molecule has 0 unspecified atom stereocenters. The number of piperidine rings is 1. The van der Waals surface area contributed by atoms with Crippen molar-refractivity contribution in [3.63, 3.8) is 0 Å². The number of carbonyl (C=O) groups excluding carboxylic acids is 1. The van der Waals surface area contributed by atoms with Crippen LogP contribution in [0, 0.1) is 6.92 Å². The lowest BCUT2D eigenvalue weighted by Crippen LogP contribution is -2.42. The molecule has 0 N–H and O–H groups in total. The summed E-state index contributed by atoms with van der Waals surface area (Å²) < 4.78 is 7.60. The second-order valence-electron chi connectivity index (χ2n) is 6.14. The highest BCUT2D eigenvalue weighted by Gasteiger charge is 2.27. The average Bonchev–Trinajstić information content (AvgIpc) is 2.85. The fourth-order valence-corrected chi connectivity index (χ4v) is 2.41. The Morgan fingerprint density at radius 2 is 1.86 bits per heavy atom. The first-order valence-electron chi connectivity index (χ1n) is 7.83. The van der Waals surface area contributed by atoms with E-state index in [0.29, 0.717) is 6.04 Å². The number of hydrogen-bond acceptors (Lipinski definition) is 3. The summed E-state index contributed by atoms with van der Waals surface area (Å²) in [6, 6.07) is 0.446. The summed E-state index contributed by atoms with van der Waals surface area (Å²) in [5.74, 6) is 0. The molecule has 1 aliphatic rings. The van der Waals surface area contributed by atoms with E-state index in [1.807, 2.05) is 47.1 Å². The molecule has 0 aliphatic carbocycles. The highest BCUT2D eigenvalue weighted by molar-refractivity contribution is 5.68. The van der Waals surface area contributed by atoms with Gasteiger partial charge in [-0.3, -0.25) is 0 Å². The van der Waals surface area contributed by atoms with Crippen LogP contribution in [-0.2, 0) is 4.74 Å². The van der Waals surface area contributed by atoms with Crippen LogP contribution in [-0.4, -0.2) is 39.2 Å². The third-order valence-electron chi connectivity index (χ3n) is 3.37. The van der Waals surface area contributed by atoms with Crippen LogP contribution < -0.4 is 0 Å². The van der Waals surface area contributed by atoms with Gasteiger partial charge in [-0.15, -0.1) is 0 Å². The Labute approximate surface area is 128 Å². The van der Waals surface area contributed by atoms with Gasteiger partial charge in [0.1, 0.15) is 5.60 Å². The maximum absolute atomic E-state index is 12.0. The van der Waals surface area contributed by atoms with E-state index in [-0.39, 0.29) is 6.09 Å². The zero-order valence-electron chi connectivity index (χ0n) is 14.2. The minimum atomic E-state index is -0.422. The number of rotatable bonds is 1. The monoisotopic (exact) mass is 295 g/mol. The maximum Gasteiger partial charge on any atom is 0.410 e. The Morgan fingerprint density at radius 3 is 2.29 bits per heavy atom. The molecule has 21 heavy (non-hydrogen) atoms. The molecule has 5 heteroatoms. The zero-order chi connectivity index (χ0) is 16.0. The molecule has 5 nitrogen and oxygen atoms in total. The standard InChI is InChI=1S/C14H23N3O2.C2H6/c1-11-9-15-10-17(11)12-5-7-16(8-6-12)13(18)19-14(2,3)4;1-2/h9-10,12H,5-8H2,1-4H3;1-2H3. The Morgan fingerprint density at radius 1 is 1.29 bits per heavy atom. The molecule has 120 valence electrons. The first-order valence-corrected chi connectivity index (χ1v) is 7.83. The lowest BCUT2D eigenvalue weighted by atomic mass is 10.1. The minimum absolute atomic E-state index is 0.201. The molecule has 0 spiro atoms. The van der Waals surface area contributed by atoms with Crippen LogP contribution >= 0.6 is 0 Å². The van der Waals surface area contributed by atoms with Gasteiger partial charge in [-0.2, -0.15) is 0 Å². The number of ether oxygens (including phenoxy) is 1. The summed E-state index contributed by atoms with van der Waals surface area (Å²) in [6.45, 7) is 13.2. The van der Waals surface area contributed by atoms with E-state index in [1.54, 1.807) is 4.90 Å². The molecule has 0 radical (unpaired) electrons. The summed E-state index contributed by atoms with van der Waals surface area (Å²) in [5, 5.41) is 0. The quantitative estimate of drug-likeness (QED) is 0.792. The topological polar surface area (TPSA) is 47.4 Å². The van der Waals surface area contributed by atoms with Crippen molar-refractivity contribution in [3.05, 3.63) is 18.2 Å². The first-order chi connectivity index (χ1) is 9.87. The molecule has 1 aromatic rings. The number of likely N-dealkylation sites (tertiary alicyclic amines) is 1. The van der Waals surface area contributed by atoms with Crippen molar-refractivity contribution in [2.45, 2.75) is 66.0 Å². The zero-order valence-corrected chi connectivity index (χ0v) is 14.2. The predicted molar refractivity (Wildman–Crippen MR) is 84.4 cm³/mol. The normalized spacial score (nSPS) is 16.2. The van der Waals surface area contributed by atoms with E-state index in [9.17, 15) is 4.79 Å². The minimum Gasteiger partial charge on any atom is -0.444 e. The molecule has 2 heterocycles. The first kappa shape index (κ1) is 17.5.